The highest BCUT2D eigenvalue weighted by Crippen LogP contribution is 2.60. The number of ether oxygens (including phenoxy) is 1. The number of aliphatic hydroxyl groups is 2. The van der Waals surface area contributed by atoms with Gasteiger partial charge in [0, 0.05) is 0 Å². The van der Waals surface area contributed by atoms with E-state index >= 15 is 0 Å². The van der Waals surface area contributed by atoms with Crippen LogP contribution in [0.2, 0.25) is 0 Å². The number of hydrogen-bond acceptors (Lipinski definition) is 15. The number of carbonyl (C=O) groups is 1. The molecule has 1 aliphatic rings. The minimum atomic E-state index is -5.57. The Balaban J connectivity index is 1.60. The molecule has 1 aliphatic heterocycles. The summed E-state index contributed by atoms with van der Waals surface area (Å²) in [6.45, 7) is -2.47. The number of imidazole rings is 1. The van der Waals surface area contributed by atoms with E-state index in [4.69, 9.17) is 25.4 Å². The summed E-state index contributed by atoms with van der Waals surface area (Å²) in [6.07, 6.45) is -6.32. The summed E-state index contributed by atoms with van der Waals surface area (Å²) in [7, 11) is -16.4. The molecule has 0 radical (unpaired) electrons. The zero-order valence-corrected chi connectivity index (χ0v) is 20.7. The molecule has 3 heterocycles. The molecular formula is C13H20N5O16P3. The van der Waals surface area contributed by atoms with Crippen LogP contribution < -0.4 is 5.73 Å². The van der Waals surface area contributed by atoms with Gasteiger partial charge in [-0.25, -0.2) is 33.4 Å². The van der Waals surface area contributed by atoms with Gasteiger partial charge >= 0.3 is 29.4 Å². The third-order valence-corrected chi connectivity index (χ3v) is 7.67. The first kappa shape index (κ1) is 29.6. The molecule has 7 unspecified atom stereocenters. The number of rotatable bonds is 12. The number of aliphatic hydroxyl groups excluding tert-OH is 2. The van der Waals surface area contributed by atoms with E-state index in [1.807, 2.05) is 0 Å². The van der Waals surface area contributed by atoms with Crippen LogP contribution in [-0.2, 0) is 41.1 Å². The van der Waals surface area contributed by atoms with Gasteiger partial charge in [0.15, 0.2) is 23.8 Å². The highest BCUT2D eigenvalue weighted by atomic mass is 31.3. The van der Waals surface area contributed by atoms with Crippen molar-refractivity contribution in [2.45, 2.75) is 30.6 Å². The van der Waals surface area contributed by atoms with Gasteiger partial charge < -0.3 is 45.4 Å². The zero-order chi connectivity index (χ0) is 27.8. The number of fused-ring (bicyclic) bond motifs is 1. The third-order valence-electron chi connectivity index (χ3n) is 4.54. The second kappa shape index (κ2) is 11.0. The summed E-state index contributed by atoms with van der Waals surface area (Å²) >= 11 is 0. The predicted octanol–water partition coefficient (Wildman–Crippen LogP) is -2.16. The lowest BCUT2D eigenvalue weighted by atomic mass is 10.1. The van der Waals surface area contributed by atoms with Crippen molar-refractivity contribution in [3.63, 3.8) is 0 Å². The van der Waals surface area contributed by atoms with Crippen molar-refractivity contribution in [2.24, 2.45) is 0 Å². The van der Waals surface area contributed by atoms with Gasteiger partial charge in [0.1, 0.15) is 30.2 Å². The number of carboxylic acids is 1. The molecular weight excluding hydrogens is 575 g/mol. The Bertz CT molecular complexity index is 1280. The molecule has 2 aromatic heterocycles. The van der Waals surface area contributed by atoms with Crippen LogP contribution in [0, 0.1) is 0 Å². The van der Waals surface area contributed by atoms with Crippen molar-refractivity contribution in [1.82, 2.24) is 19.5 Å². The molecule has 9 N–H and O–H groups in total. The van der Waals surface area contributed by atoms with Crippen LogP contribution in [0.3, 0.4) is 0 Å². The molecule has 3 rings (SSSR count). The number of nitrogen functional groups attached to an aromatic ring is 1. The Morgan fingerprint density at radius 2 is 1.73 bits per heavy atom. The van der Waals surface area contributed by atoms with Gasteiger partial charge in [0.25, 0.3) is 0 Å². The van der Waals surface area contributed by atoms with Crippen LogP contribution in [0.4, 0.5) is 5.82 Å². The maximum Gasteiger partial charge on any atom is 0.481 e. The van der Waals surface area contributed by atoms with Crippen molar-refractivity contribution in [3.05, 3.63) is 12.7 Å². The van der Waals surface area contributed by atoms with Crippen LogP contribution >= 0.6 is 23.5 Å². The zero-order valence-electron chi connectivity index (χ0n) is 18.0. The maximum atomic E-state index is 12.1. The lowest BCUT2D eigenvalue weighted by Crippen LogP contribution is -2.33. The smallest absolute Gasteiger partial charge is 0.479 e. The minimum absolute atomic E-state index is 0.0219. The van der Waals surface area contributed by atoms with Gasteiger partial charge in [-0.1, -0.05) is 0 Å². The molecule has 1 fully saturated rings. The summed E-state index contributed by atoms with van der Waals surface area (Å²) in [5.41, 5.74) is 5.98. The van der Waals surface area contributed by atoms with Crippen molar-refractivity contribution >= 4 is 46.4 Å². The van der Waals surface area contributed by atoms with Gasteiger partial charge in [-0.15, -0.1) is 0 Å². The number of phosphoric acid groups is 3. The highest BCUT2D eigenvalue weighted by molar-refractivity contribution is 7.61. The number of aromatic nitrogens is 4. The number of phosphoric ester groups is 3. The van der Waals surface area contributed by atoms with E-state index in [-0.39, 0.29) is 17.0 Å². The molecule has 1 saturated heterocycles. The van der Waals surface area contributed by atoms with Crippen LogP contribution in [-0.4, -0.2) is 98.0 Å². The van der Waals surface area contributed by atoms with Gasteiger partial charge in [-0.05, 0) is 0 Å². The first-order valence-corrected chi connectivity index (χ1v) is 14.1. The summed E-state index contributed by atoms with van der Waals surface area (Å²) in [4.78, 5) is 59.2. The third kappa shape index (κ3) is 7.56. The maximum absolute atomic E-state index is 12.1. The number of nitrogens with two attached hydrogens (primary N) is 1. The standard InChI is InChI=1S/C13H20N5O16P3/c14-10-7-11(16-3-15-10)18(4-17-7)12-9(20)8(19)5(32-12)1-30-36(26,27)34-37(28,29)31-2-6(13(21)22)33-35(23,24)25/h3-6,8-9,12,19-20H,1-2H2,(H,21,22)(H,26,27)(H,28,29)(H2,14,15,16)(H2,23,24,25). The molecule has 0 aliphatic carbocycles. The van der Waals surface area contributed by atoms with Gasteiger partial charge in [-0.3, -0.25) is 18.1 Å². The van der Waals surface area contributed by atoms with Gasteiger partial charge in [0.05, 0.1) is 19.5 Å². The fourth-order valence-electron chi connectivity index (χ4n) is 2.97. The molecule has 0 aromatic carbocycles. The number of aliphatic carboxylic acids is 1. The summed E-state index contributed by atoms with van der Waals surface area (Å²) < 4.78 is 57.8. The van der Waals surface area contributed by atoms with E-state index in [0.29, 0.717) is 0 Å². The Morgan fingerprint density at radius 3 is 2.35 bits per heavy atom. The molecule has 0 saturated carbocycles. The van der Waals surface area contributed by atoms with Crippen LogP contribution in [0.1, 0.15) is 6.23 Å². The molecule has 0 amide bonds. The van der Waals surface area contributed by atoms with E-state index in [2.05, 4.69) is 32.8 Å². The minimum Gasteiger partial charge on any atom is -0.479 e. The topological polar surface area (TPSA) is 326 Å². The Labute approximate surface area is 204 Å². The number of nitrogens with zero attached hydrogens (tertiary/aromatic N) is 4. The molecule has 2 aromatic rings. The van der Waals surface area contributed by atoms with E-state index in [9.17, 15) is 38.5 Å². The van der Waals surface area contributed by atoms with Gasteiger partial charge in [0.2, 0.25) is 0 Å². The van der Waals surface area contributed by atoms with E-state index in [1.165, 1.54) is 10.9 Å². The molecule has 0 bridgehead atoms. The Hall–Kier alpha value is -1.93. The largest absolute Gasteiger partial charge is 0.481 e. The SMILES string of the molecule is Nc1ncnc2c1ncn2C1OC(COP(=O)(O)OP(=O)(O)OCC(OP(=O)(O)O)C(=O)O)C(O)C1O. The number of carboxylic acid groups (broad SMARTS) is 1. The first-order chi connectivity index (χ1) is 17.0. The quantitative estimate of drug-likeness (QED) is 0.121. The average molecular weight is 595 g/mol. The van der Waals surface area contributed by atoms with Crippen molar-refractivity contribution in [3.8, 4) is 0 Å². The summed E-state index contributed by atoms with van der Waals surface area (Å²) in [6, 6.07) is 0. The highest BCUT2D eigenvalue weighted by Gasteiger charge is 2.46. The summed E-state index contributed by atoms with van der Waals surface area (Å²) in [5, 5.41) is 29.4. The van der Waals surface area contributed by atoms with Crippen LogP contribution in [0.25, 0.3) is 11.2 Å². The molecule has 208 valence electrons. The Kier molecular flexibility index (Phi) is 8.85. The fraction of sp³-hybridized carbons (Fsp3) is 0.538. The monoisotopic (exact) mass is 595 g/mol. The van der Waals surface area contributed by atoms with Gasteiger partial charge in [-0.2, -0.15) is 4.31 Å². The second-order valence-corrected chi connectivity index (χ2v) is 11.4. The van der Waals surface area contributed by atoms with Crippen molar-refractivity contribution in [1.29, 1.82) is 0 Å². The van der Waals surface area contributed by atoms with Crippen molar-refractivity contribution < 1.29 is 76.0 Å². The lowest BCUT2D eigenvalue weighted by molar-refractivity contribution is -0.147. The predicted molar refractivity (Wildman–Crippen MR) is 113 cm³/mol. The molecule has 37 heavy (non-hydrogen) atoms. The average Bonchev–Trinajstić information content (AvgIpc) is 3.30. The molecule has 21 nitrogen and oxygen atoms in total. The Morgan fingerprint density at radius 1 is 1.08 bits per heavy atom. The van der Waals surface area contributed by atoms with Crippen molar-refractivity contribution in [2.75, 3.05) is 18.9 Å². The van der Waals surface area contributed by atoms with Crippen LogP contribution in [0.15, 0.2) is 12.7 Å². The van der Waals surface area contributed by atoms with E-state index in [0.717, 1.165) is 6.33 Å². The number of anilines is 1. The molecule has 0 spiro atoms. The first-order valence-electron chi connectivity index (χ1n) is 9.57. The normalized spacial score (nSPS) is 26.5. The summed E-state index contributed by atoms with van der Waals surface area (Å²) in [5.74, 6) is -1.99. The lowest BCUT2D eigenvalue weighted by Gasteiger charge is -2.20. The fourth-order valence-corrected chi connectivity index (χ4v) is 5.53. The molecule has 7 atom stereocenters. The van der Waals surface area contributed by atoms with Crippen LogP contribution in [0.5, 0.6) is 0 Å². The van der Waals surface area contributed by atoms with E-state index in [1.54, 1.807) is 0 Å². The second-order valence-electron chi connectivity index (χ2n) is 7.16. The number of hydrogen-bond donors (Lipinski definition) is 8. The molecule has 24 heteroatoms. The van der Waals surface area contributed by atoms with E-state index < -0.39 is 73.3 Å².